The second kappa shape index (κ2) is 5.75. The average Bonchev–Trinajstić information content (AvgIpc) is 2.61. The molecule has 0 radical (unpaired) electrons. The van der Waals surface area contributed by atoms with Crippen LogP contribution in [0.1, 0.15) is 17.1 Å². The number of nitrogens with one attached hydrogen (secondary N) is 1. The summed E-state index contributed by atoms with van der Waals surface area (Å²) < 4.78 is 5.70. The topological polar surface area (TPSA) is 28.4 Å². The van der Waals surface area contributed by atoms with Crippen LogP contribution in [-0.2, 0) is 13.1 Å². The van der Waals surface area contributed by atoms with Crippen LogP contribution < -0.4 is 5.32 Å². The van der Waals surface area contributed by atoms with E-state index in [0.717, 1.165) is 24.6 Å². The molecule has 0 saturated carbocycles. The lowest BCUT2D eigenvalue weighted by molar-refractivity contribution is 0.292. The lowest BCUT2D eigenvalue weighted by atomic mass is 10.2. The summed E-state index contributed by atoms with van der Waals surface area (Å²) in [7, 11) is 1.94. The van der Waals surface area contributed by atoms with Gasteiger partial charge in [-0.25, -0.2) is 0 Å². The molecule has 4 heteroatoms. The van der Waals surface area contributed by atoms with Crippen LogP contribution in [0.25, 0.3) is 0 Å². The van der Waals surface area contributed by atoms with E-state index >= 15 is 0 Å². The maximum Gasteiger partial charge on any atom is 0.118 e. The standard InChI is InChI=1S/C12H20N2OS/c1-10-11(7-12(15-10)8-13-2)9-14-3-5-16-6-4-14/h7,13H,3-6,8-9H2,1-2H3. The first-order valence-corrected chi connectivity index (χ1v) is 6.98. The Kier molecular flexibility index (Phi) is 4.32. The van der Waals surface area contributed by atoms with Crippen LogP contribution in [0.5, 0.6) is 0 Å². The van der Waals surface area contributed by atoms with Crippen LogP contribution in [0.3, 0.4) is 0 Å². The van der Waals surface area contributed by atoms with Gasteiger partial charge in [0.25, 0.3) is 0 Å². The van der Waals surface area contributed by atoms with Gasteiger partial charge in [0, 0.05) is 36.7 Å². The largest absolute Gasteiger partial charge is 0.465 e. The second-order valence-corrected chi connectivity index (χ2v) is 5.44. The molecule has 1 saturated heterocycles. The zero-order chi connectivity index (χ0) is 11.4. The molecule has 1 aliphatic heterocycles. The van der Waals surface area contributed by atoms with Crippen molar-refractivity contribution < 1.29 is 4.42 Å². The summed E-state index contributed by atoms with van der Waals surface area (Å²) in [4.78, 5) is 2.51. The Morgan fingerprint density at radius 2 is 2.19 bits per heavy atom. The quantitative estimate of drug-likeness (QED) is 0.869. The predicted molar refractivity (Wildman–Crippen MR) is 68.8 cm³/mol. The van der Waals surface area contributed by atoms with E-state index in [4.69, 9.17) is 4.42 Å². The number of hydrogen-bond donors (Lipinski definition) is 1. The van der Waals surface area contributed by atoms with Gasteiger partial charge in [-0.05, 0) is 20.0 Å². The van der Waals surface area contributed by atoms with Crippen LogP contribution >= 0.6 is 11.8 Å². The van der Waals surface area contributed by atoms with Crippen molar-refractivity contribution in [1.29, 1.82) is 0 Å². The normalized spacial score (nSPS) is 17.9. The van der Waals surface area contributed by atoms with E-state index in [0.29, 0.717) is 0 Å². The number of nitrogens with zero attached hydrogens (tertiary/aromatic N) is 1. The van der Waals surface area contributed by atoms with Gasteiger partial charge in [0.1, 0.15) is 11.5 Å². The predicted octanol–water partition coefficient (Wildman–Crippen LogP) is 1.86. The minimum atomic E-state index is 0.816. The smallest absolute Gasteiger partial charge is 0.118 e. The molecule has 0 unspecified atom stereocenters. The highest BCUT2D eigenvalue weighted by Crippen LogP contribution is 2.18. The maximum absolute atomic E-state index is 5.70. The zero-order valence-corrected chi connectivity index (χ0v) is 10.9. The third kappa shape index (κ3) is 3.03. The molecule has 0 atom stereocenters. The molecule has 16 heavy (non-hydrogen) atoms. The van der Waals surface area contributed by atoms with E-state index in [-0.39, 0.29) is 0 Å². The summed E-state index contributed by atoms with van der Waals surface area (Å²) in [6.07, 6.45) is 0. The SMILES string of the molecule is CNCc1cc(CN2CCSCC2)c(C)o1. The fraction of sp³-hybridized carbons (Fsp3) is 0.667. The highest BCUT2D eigenvalue weighted by Gasteiger charge is 2.14. The number of rotatable bonds is 4. The lowest BCUT2D eigenvalue weighted by Crippen LogP contribution is -2.32. The Hall–Kier alpha value is -0.450. The van der Waals surface area contributed by atoms with Crippen molar-refractivity contribution in [1.82, 2.24) is 10.2 Å². The summed E-state index contributed by atoms with van der Waals surface area (Å²) in [5.74, 6) is 4.64. The monoisotopic (exact) mass is 240 g/mol. The Balaban J connectivity index is 1.96. The van der Waals surface area contributed by atoms with Crippen molar-refractivity contribution in [3.63, 3.8) is 0 Å². The molecule has 0 bridgehead atoms. The highest BCUT2D eigenvalue weighted by atomic mass is 32.2. The van der Waals surface area contributed by atoms with Gasteiger partial charge in [0.15, 0.2) is 0 Å². The summed E-state index contributed by atoms with van der Waals surface area (Å²) in [6.45, 7) is 6.33. The van der Waals surface area contributed by atoms with Gasteiger partial charge in [-0.3, -0.25) is 4.90 Å². The summed E-state index contributed by atoms with van der Waals surface area (Å²) in [6, 6.07) is 2.19. The number of thioether (sulfide) groups is 1. The molecule has 0 spiro atoms. The Labute approximate surface area is 102 Å². The molecule has 90 valence electrons. The zero-order valence-electron chi connectivity index (χ0n) is 10.1. The number of furan rings is 1. The van der Waals surface area contributed by atoms with Gasteiger partial charge in [-0.1, -0.05) is 0 Å². The van der Waals surface area contributed by atoms with E-state index < -0.39 is 0 Å². The van der Waals surface area contributed by atoms with Gasteiger partial charge in [-0.2, -0.15) is 11.8 Å². The summed E-state index contributed by atoms with van der Waals surface area (Å²) in [5.41, 5.74) is 1.34. The Bertz CT molecular complexity index is 332. The van der Waals surface area contributed by atoms with E-state index in [2.05, 4.69) is 35.0 Å². The molecule has 0 amide bonds. The Morgan fingerprint density at radius 3 is 2.88 bits per heavy atom. The number of hydrogen-bond acceptors (Lipinski definition) is 4. The van der Waals surface area contributed by atoms with E-state index in [9.17, 15) is 0 Å². The molecule has 0 aromatic carbocycles. The van der Waals surface area contributed by atoms with Gasteiger partial charge in [-0.15, -0.1) is 0 Å². The van der Waals surface area contributed by atoms with Gasteiger partial charge < -0.3 is 9.73 Å². The molecule has 1 aromatic heterocycles. The molecule has 2 rings (SSSR count). The van der Waals surface area contributed by atoms with E-state index in [1.807, 2.05) is 7.05 Å². The van der Waals surface area contributed by atoms with Gasteiger partial charge >= 0.3 is 0 Å². The molecule has 0 aliphatic carbocycles. The minimum absolute atomic E-state index is 0.816. The third-order valence-electron chi connectivity index (χ3n) is 2.92. The molecule has 1 N–H and O–H groups in total. The van der Waals surface area contributed by atoms with Crippen LogP contribution in [0.2, 0.25) is 0 Å². The Morgan fingerprint density at radius 1 is 1.44 bits per heavy atom. The van der Waals surface area contributed by atoms with Crippen molar-refractivity contribution in [2.75, 3.05) is 31.6 Å². The van der Waals surface area contributed by atoms with E-state index in [1.165, 1.54) is 30.2 Å². The van der Waals surface area contributed by atoms with Gasteiger partial charge in [0.05, 0.1) is 6.54 Å². The first kappa shape index (κ1) is 12.0. The van der Waals surface area contributed by atoms with Crippen molar-refractivity contribution in [3.05, 3.63) is 23.2 Å². The molecule has 2 heterocycles. The highest BCUT2D eigenvalue weighted by molar-refractivity contribution is 7.99. The molecule has 3 nitrogen and oxygen atoms in total. The fourth-order valence-electron chi connectivity index (χ4n) is 2.01. The van der Waals surface area contributed by atoms with Gasteiger partial charge in [0.2, 0.25) is 0 Å². The van der Waals surface area contributed by atoms with Crippen molar-refractivity contribution in [2.24, 2.45) is 0 Å². The number of aryl methyl sites for hydroxylation is 1. The molecular formula is C12H20N2OS. The van der Waals surface area contributed by atoms with Crippen LogP contribution in [-0.4, -0.2) is 36.5 Å². The average molecular weight is 240 g/mol. The maximum atomic E-state index is 5.70. The molecule has 1 fully saturated rings. The lowest BCUT2D eigenvalue weighted by Gasteiger charge is -2.25. The first-order chi connectivity index (χ1) is 7.79. The summed E-state index contributed by atoms with van der Waals surface area (Å²) in [5, 5.41) is 3.12. The summed E-state index contributed by atoms with van der Waals surface area (Å²) >= 11 is 2.05. The van der Waals surface area contributed by atoms with Crippen molar-refractivity contribution in [3.8, 4) is 0 Å². The second-order valence-electron chi connectivity index (χ2n) is 4.21. The molecule has 1 aromatic rings. The fourth-order valence-corrected chi connectivity index (χ4v) is 2.98. The van der Waals surface area contributed by atoms with Crippen molar-refractivity contribution >= 4 is 11.8 Å². The molecular weight excluding hydrogens is 220 g/mol. The van der Waals surface area contributed by atoms with Crippen molar-refractivity contribution in [2.45, 2.75) is 20.0 Å². The first-order valence-electron chi connectivity index (χ1n) is 5.82. The third-order valence-corrected chi connectivity index (χ3v) is 3.86. The molecule has 1 aliphatic rings. The van der Waals surface area contributed by atoms with Crippen LogP contribution in [0.15, 0.2) is 10.5 Å². The van der Waals surface area contributed by atoms with Crippen LogP contribution in [0, 0.1) is 6.92 Å². The minimum Gasteiger partial charge on any atom is -0.465 e. The van der Waals surface area contributed by atoms with E-state index in [1.54, 1.807) is 0 Å². The van der Waals surface area contributed by atoms with Crippen LogP contribution in [0.4, 0.5) is 0 Å².